The molecule has 0 radical (unpaired) electrons. The first-order valence-electron chi connectivity index (χ1n) is 9.27. The molecule has 0 bridgehead atoms. The minimum Gasteiger partial charge on any atom is -0.450 e. The third kappa shape index (κ3) is 3.52. The fourth-order valence-electron chi connectivity index (χ4n) is 3.57. The fraction of sp³-hybridized carbons (Fsp3) is 0.350. The van der Waals surface area contributed by atoms with Crippen molar-refractivity contribution in [2.75, 3.05) is 37.7 Å². The number of halogens is 1. The van der Waals surface area contributed by atoms with Gasteiger partial charge in [0.1, 0.15) is 10.6 Å². The number of anilines is 1. The molecule has 1 aliphatic rings. The van der Waals surface area contributed by atoms with Crippen LogP contribution in [-0.4, -0.2) is 53.7 Å². The number of thiophene rings is 1. The molecule has 1 fully saturated rings. The summed E-state index contributed by atoms with van der Waals surface area (Å²) in [5.41, 5.74) is 2.30. The summed E-state index contributed by atoms with van der Waals surface area (Å²) < 4.78 is 5.12. The molecule has 2 aromatic heterocycles. The highest BCUT2D eigenvalue weighted by atomic mass is 35.5. The smallest absolute Gasteiger partial charge is 0.409 e. The lowest BCUT2D eigenvalue weighted by molar-refractivity contribution is 0.105. The van der Waals surface area contributed by atoms with Gasteiger partial charge in [0.05, 0.1) is 12.0 Å². The molecule has 3 heterocycles. The molecule has 0 N–H and O–H groups in total. The zero-order valence-corrected chi connectivity index (χ0v) is 17.4. The number of nitrogens with zero attached hydrogens (tertiary/aromatic N) is 4. The van der Waals surface area contributed by atoms with E-state index in [9.17, 15) is 4.79 Å². The van der Waals surface area contributed by atoms with E-state index in [1.165, 1.54) is 4.88 Å². The molecule has 0 aliphatic carbocycles. The minimum atomic E-state index is -0.260. The van der Waals surface area contributed by atoms with Gasteiger partial charge in [-0.2, -0.15) is 4.98 Å². The maximum Gasteiger partial charge on any atom is 0.409 e. The minimum absolute atomic E-state index is 0.246. The second kappa shape index (κ2) is 7.93. The van der Waals surface area contributed by atoms with E-state index in [-0.39, 0.29) is 11.4 Å². The Morgan fingerprint density at radius 3 is 2.57 bits per heavy atom. The van der Waals surface area contributed by atoms with Crippen LogP contribution < -0.4 is 4.90 Å². The van der Waals surface area contributed by atoms with E-state index in [4.69, 9.17) is 16.3 Å². The number of fused-ring (bicyclic) bond motifs is 1. The van der Waals surface area contributed by atoms with Crippen LogP contribution in [0.1, 0.15) is 11.8 Å². The van der Waals surface area contributed by atoms with Crippen LogP contribution in [-0.2, 0) is 4.74 Å². The van der Waals surface area contributed by atoms with Gasteiger partial charge >= 0.3 is 6.09 Å². The van der Waals surface area contributed by atoms with Crippen molar-refractivity contribution >= 4 is 45.1 Å². The van der Waals surface area contributed by atoms with E-state index in [0.29, 0.717) is 32.8 Å². The quantitative estimate of drug-likeness (QED) is 0.584. The lowest BCUT2D eigenvalue weighted by Gasteiger charge is -2.35. The highest BCUT2D eigenvalue weighted by Gasteiger charge is 2.26. The van der Waals surface area contributed by atoms with Crippen LogP contribution in [0.15, 0.2) is 30.3 Å². The maximum atomic E-state index is 12.0. The predicted octanol–water partition coefficient (Wildman–Crippen LogP) is 4.60. The van der Waals surface area contributed by atoms with E-state index in [1.54, 1.807) is 16.2 Å². The Morgan fingerprint density at radius 2 is 1.89 bits per heavy atom. The maximum absolute atomic E-state index is 12.0. The lowest BCUT2D eigenvalue weighted by Crippen LogP contribution is -2.49. The van der Waals surface area contributed by atoms with Gasteiger partial charge in [-0.05, 0) is 31.0 Å². The molecular formula is C20H21ClN4O2S. The number of hydrogen-bond donors (Lipinski definition) is 0. The van der Waals surface area contributed by atoms with E-state index >= 15 is 0 Å². The van der Waals surface area contributed by atoms with Gasteiger partial charge in [0.15, 0.2) is 0 Å². The van der Waals surface area contributed by atoms with Gasteiger partial charge in [0, 0.05) is 36.6 Å². The Kier molecular flexibility index (Phi) is 5.37. The van der Waals surface area contributed by atoms with Crippen molar-refractivity contribution in [3.63, 3.8) is 0 Å². The third-order valence-corrected chi connectivity index (χ3v) is 6.02. The number of rotatable bonds is 3. The molecule has 6 nitrogen and oxygen atoms in total. The standard InChI is InChI=1S/C20H21ClN4O2S/c1-3-27-20(26)25-11-9-24(10-12-25)17-16-15(14-7-5-4-6-8-14)13(2)28-18(16)23-19(21)22-17/h4-8H,3,9-12H2,1-2H3. The normalized spacial score (nSPS) is 14.5. The molecule has 1 saturated heterocycles. The first-order valence-corrected chi connectivity index (χ1v) is 10.5. The molecule has 4 rings (SSSR count). The number of hydrogen-bond acceptors (Lipinski definition) is 6. The van der Waals surface area contributed by atoms with E-state index in [2.05, 4.69) is 33.9 Å². The van der Waals surface area contributed by atoms with Crippen molar-refractivity contribution < 1.29 is 9.53 Å². The fourth-order valence-corrected chi connectivity index (χ4v) is 4.82. The monoisotopic (exact) mass is 416 g/mol. The Labute approximate surface area is 172 Å². The SMILES string of the molecule is CCOC(=O)N1CCN(c2nc(Cl)nc3sc(C)c(-c4ccccc4)c23)CC1. The van der Waals surface area contributed by atoms with Crippen LogP contribution in [0.2, 0.25) is 5.28 Å². The summed E-state index contributed by atoms with van der Waals surface area (Å²) in [4.78, 5) is 27.0. The van der Waals surface area contributed by atoms with Gasteiger partial charge in [-0.25, -0.2) is 9.78 Å². The van der Waals surface area contributed by atoms with Gasteiger partial charge in [-0.1, -0.05) is 30.3 Å². The highest BCUT2D eigenvalue weighted by Crippen LogP contribution is 2.42. The topological polar surface area (TPSA) is 58.6 Å². The van der Waals surface area contributed by atoms with Gasteiger partial charge in [0.2, 0.25) is 5.28 Å². The molecule has 0 unspecified atom stereocenters. The first-order chi connectivity index (χ1) is 13.6. The average Bonchev–Trinajstić information content (AvgIpc) is 3.03. The Hall–Kier alpha value is -2.38. The van der Waals surface area contributed by atoms with Crippen molar-refractivity contribution in [1.29, 1.82) is 0 Å². The van der Waals surface area contributed by atoms with Crippen LogP contribution in [0.3, 0.4) is 0 Å². The lowest BCUT2D eigenvalue weighted by atomic mass is 10.0. The largest absolute Gasteiger partial charge is 0.450 e. The summed E-state index contributed by atoms with van der Waals surface area (Å²) >= 11 is 7.88. The number of ether oxygens (including phenoxy) is 1. The number of benzene rings is 1. The van der Waals surface area contributed by atoms with Crippen LogP contribution in [0.25, 0.3) is 21.3 Å². The number of carbonyl (C=O) groups excluding carboxylic acids is 1. The second-order valence-corrected chi connectivity index (χ2v) is 8.11. The number of carbonyl (C=O) groups is 1. The van der Waals surface area contributed by atoms with Crippen molar-refractivity contribution in [2.45, 2.75) is 13.8 Å². The van der Waals surface area contributed by atoms with Gasteiger partial charge in [-0.15, -0.1) is 11.3 Å². The molecule has 28 heavy (non-hydrogen) atoms. The van der Waals surface area contributed by atoms with Crippen LogP contribution >= 0.6 is 22.9 Å². The summed E-state index contributed by atoms with van der Waals surface area (Å²) in [6.07, 6.45) is -0.260. The summed E-state index contributed by atoms with van der Waals surface area (Å²) in [5, 5.41) is 1.28. The second-order valence-electron chi connectivity index (χ2n) is 6.57. The number of aryl methyl sites for hydroxylation is 1. The van der Waals surface area contributed by atoms with Gasteiger partial charge in [-0.3, -0.25) is 0 Å². The molecule has 146 valence electrons. The molecule has 3 aromatic rings. The van der Waals surface area contributed by atoms with Crippen molar-refractivity contribution in [3.8, 4) is 11.1 Å². The molecule has 8 heteroatoms. The molecule has 1 aliphatic heterocycles. The molecule has 0 saturated carbocycles. The summed E-state index contributed by atoms with van der Waals surface area (Å²) in [5.74, 6) is 0.835. The first kappa shape index (κ1) is 19.0. The third-order valence-electron chi connectivity index (χ3n) is 4.85. The number of piperazine rings is 1. The molecule has 0 atom stereocenters. The van der Waals surface area contributed by atoms with Gasteiger partial charge < -0.3 is 14.5 Å². The van der Waals surface area contributed by atoms with Crippen molar-refractivity contribution in [3.05, 3.63) is 40.5 Å². The van der Waals surface area contributed by atoms with Crippen LogP contribution in [0.5, 0.6) is 0 Å². The van der Waals surface area contributed by atoms with E-state index in [1.807, 2.05) is 25.1 Å². The van der Waals surface area contributed by atoms with Crippen LogP contribution in [0.4, 0.5) is 10.6 Å². The van der Waals surface area contributed by atoms with Crippen LogP contribution in [0, 0.1) is 6.92 Å². The average molecular weight is 417 g/mol. The Morgan fingerprint density at radius 1 is 1.18 bits per heavy atom. The van der Waals surface area contributed by atoms with Gasteiger partial charge in [0.25, 0.3) is 0 Å². The summed E-state index contributed by atoms with van der Waals surface area (Å²) in [6, 6.07) is 10.3. The molecule has 0 spiro atoms. The number of amides is 1. The highest BCUT2D eigenvalue weighted by molar-refractivity contribution is 7.19. The van der Waals surface area contributed by atoms with E-state index in [0.717, 1.165) is 27.2 Å². The summed E-state index contributed by atoms with van der Waals surface area (Å²) in [7, 11) is 0. The van der Waals surface area contributed by atoms with E-state index < -0.39 is 0 Å². The molecule has 1 amide bonds. The van der Waals surface area contributed by atoms with Crippen molar-refractivity contribution in [2.24, 2.45) is 0 Å². The Balaban J connectivity index is 1.73. The summed E-state index contributed by atoms with van der Waals surface area (Å²) in [6.45, 7) is 6.82. The Bertz CT molecular complexity index is 1000. The van der Waals surface area contributed by atoms with Crippen molar-refractivity contribution in [1.82, 2.24) is 14.9 Å². The molecule has 1 aromatic carbocycles. The zero-order valence-electron chi connectivity index (χ0n) is 15.8. The predicted molar refractivity (Wildman–Crippen MR) is 113 cm³/mol. The zero-order chi connectivity index (χ0) is 19.7. The number of aromatic nitrogens is 2. The molecular weight excluding hydrogens is 396 g/mol.